The first kappa shape index (κ1) is 12.8. The molecule has 0 spiro atoms. The summed E-state index contributed by atoms with van der Waals surface area (Å²) in [6, 6.07) is 10.0. The summed E-state index contributed by atoms with van der Waals surface area (Å²) in [4.78, 5) is 0. The normalized spacial score (nSPS) is 12.1. The lowest BCUT2D eigenvalue weighted by Crippen LogP contribution is -2.06. The van der Waals surface area contributed by atoms with Crippen LogP contribution in [-0.4, -0.2) is 0 Å². The summed E-state index contributed by atoms with van der Waals surface area (Å²) < 4.78 is 32.2. The number of alkyl halides is 2. The van der Waals surface area contributed by atoms with Crippen molar-refractivity contribution in [2.45, 2.75) is 32.6 Å². The van der Waals surface area contributed by atoms with Crippen molar-refractivity contribution < 1.29 is 13.2 Å². The van der Waals surface area contributed by atoms with Crippen LogP contribution in [0, 0.1) is 0 Å². The van der Waals surface area contributed by atoms with E-state index in [2.05, 4.69) is 0 Å². The minimum atomic E-state index is -2.83. The number of benzene rings is 1. The van der Waals surface area contributed by atoms with Crippen molar-refractivity contribution in [1.82, 2.24) is 0 Å². The molecule has 2 rings (SSSR count). The zero-order valence-electron chi connectivity index (χ0n) is 10.7. The van der Waals surface area contributed by atoms with Crippen LogP contribution in [0.3, 0.4) is 0 Å². The second-order valence-corrected chi connectivity index (χ2v) is 4.83. The van der Waals surface area contributed by atoms with E-state index >= 15 is 0 Å². The Morgan fingerprint density at radius 2 is 1.83 bits per heavy atom. The Bertz CT molecular complexity index is 535. The second-order valence-electron chi connectivity index (χ2n) is 4.83. The molecular formula is C15H16F2O. The van der Waals surface area contributed by atoms with Crippen LogP contribution in [0.15, 0.2) is 40.8 Å². The molecule has 1 aromatic carbocycles. The fourth-order valence-corrected chi connectivity index (χ4v) is 1.76. The Balaban J connectivity index is 2.38. The predicted molar refractivity (Wildman–Crippen MR) is 67.8 cm³/mol. The molecule has 0 radical (unpaired) electrons. The van der Waals surface area contributed by atoms with Crippen LogP contribution in [0.1, 0.15) is 38.0 Å². The van der Waals surface area contributed by atoms with Crippen molar-refractivity contribution in [1.29, 1.82) is 0 Å². The average molecular weight is 250 g/mol. The molecule has 0 saturated carbocycles. The molecule has 3 heteroatoms. The molecule has 0 bridgehead atoms. The lowest BCUT2D eigenvalue weighted by Gasteiger charge is -2.11. The van der Waals surface area contributed by atoms with Crippen molar-refractivity contribution in [3.8, 4) is 11.3 Å². The van der Waals surface area contributed by atoms with Gasteiger partial charge in [0, 0.05) is 24.0 Å². The van der Waals surface area contributed by atoms with Crippen molar-refractivity contribution >= 4 is 0 Å². The third-order valence-corrected chi connectivity index (χ3v) is 2.85. The molecule has 0 saturated heterocycles. The van der Waals surface area contributed by atoms with Gasteiger partial charge in [0.25, 0.3) is 5.92 Å². The largest absolute Gasteiger partial charge is 0.461 e. The predicted octanol–water partition coefficient (Wildman–Crippen LogP) is 5.18. The van der Waals surface area contributed by atoms with Gasteiger partial charge in [-0.25, -0.2) is 8.78 Å². The highest BCUT2D eigenvalue weighted by atomic mass is 19.3. The average Bonchev–Trinajstić information content (AvgIpc) is 2.77. The third-order valence-electron chi connectivity index (χ3n) is 2.85. The lowest BCUT2D eigenvalue weighted by atomic mass is 10.1. The maximum Gasteiger partial charge on any atom is 0.270 e. The summed E-state index contributed by atoms with van der Waals surface area (Å²) in [7, 11) is 0. The Labute approximate surface area is 105 Å². The van der Waals surface area contributed by atoms with Crippen molar-refractivity contribution in [3.63, 3.8) is 0 Å². The lowest BCUT2D eigenvalue weighted by molar-refractivity contribution is 0.0175. The van der Waals surface area contributed by atoms with Crippen LogP contribution in [-0.2, 0) is 5.92 Å². The number of halogens is 2. The molecule has 2 aromatic rings. The fraction of sp³-hybridized carbons (Fsp3) is 0.333. The van der Waals surface area contributed by atoms with Gasteiger partial charge in [0.05, 0.1) is 0 Å². The van der Waals surface area contributed by atoms with Crippen LogP contribution in [0.25, 0.3) is 11.3 Å². The van der Waals surface area contributed by atoms with E-state index in [0.29, 0.717) is 11.3 Å². The summed E-state index contributed by atoms with van der Waals surface area (Å²) in [6.45, 7) is 4.95. The van der Waals surface area contributed by atoms with Gasteiger partial charge < -0.3 is 4.42 Å². The van der Waals surface area contributed by atoms with Gasteiger partial charge in [-0.2, -0.15) is 0 Å². The topological polar surface area (TPSA) is 13.1 Å². The SMILES string of the molecule is CC(C)c1ccc(-c2cccc(C(C)(F)F)c2)o1. The monoisotopic (exact) mass is 250 g/mol. The van der Waals surface area contributed by atoms with E-state index in [-0.39, 0.29) is 11.5 Å². The third kappa shape index (κ3) is 2.61. The molecule has 0 aliphatic heterocycles. The van der Waals surface area contributed by atoms with Gasteiger partial charge >= 0.3 is 0 Å². The number of rotatable bonds is 3. The van der Waals surface area contributed by atoms with Gasteiger partial charge in [-0.1, -0.05) is 32.0 Å². The van der Waals surface area contributed by atoms with E-state index in [4.69, 9.17) is 4.42 Å². The zero-order chi connectivity index (χ0) is 13.3. The first-order valence-electron chi connectivity index (χ1n) is 5.96. The van der Waals surface area contributed by atoms with E-state index in [0.717, 1.165) is 12.7 Å². The minimum absolute atomic E-state index is 0.00231. The highest BCUT2D eigenvalue weighted by Crippen LogP contribution is 2.32. The quantitative estimate of drug-likeness (QED) is 0.731. The fourth-order valence-electron chi connectivity index (χ4n) is 1.76. The van der Waals surface area contributed by atoms with Crippen LogP contribution < -0.4 is 0 Å². The molecule has 1 heterocycles. The Morgan fingerprint density at radius 3 is 2.39 bits per heavy atom. The molecule has 0 unspecified atom stereocenters. The van der Waals surface area contributed by atoms with Gasteiger partial charge in [0.15, 0.2) is 0 Å². The van der Waals surface area contributed by atoms with Gasteiger partial charge in [-0.05, 0) is 18.2 Å². The molecule has 0 aliphatic carbocycles. The summed E-state index contributed by atoms with van der Waals surface area (Å²) in [5.41, 5.74) is 0.684. The Hall–Kier alpha value is -1.64. The molecule has 1 aromatic heterocycles. The van der Waals surface area contributed by atoms with Crippen molar-refractivity contribution in [3.05, 3.63) is 47.7 Å². The summed E-state index contributed by atoms with van der Waals surface area (Å²) in [5, 5.41) is 0. The second kappa shape index (κ2) is 4.56. The molecule has 0 fully saturated rings. The summed E-state index contributed by atoms with van der Waals surface area (Å²) >= 11 is 0. The van der Waals surface area contributed by atoms with Gasteiger partial charge in [-0.15, -0.1) is 0 Å². The van der Waals surface area contributed by atoms with E-state index in [1.165, 1.54) is 12.1 Å². The molecule has 96 valence electrons. The molecule has 0 aliphatic rings. The van der Waals surface area contributed by atoms with Crippen molar-refractivity contribution in [2.75, 3.05) is 0 Å². The maximum atomic E-state index is 13.3. The Morgan fingerprint density at radius 1 is 1.11 bits per heavy atom. The maximum absolute atomic E-state index is 13.3. The molecule has 18 heavy (non-hydrogen) atoms. The van der Waals surface area contributed by atoms with Gasteiger partial charge in [0.1, 0.15) is 11.5 Å². The van der Waals surface area contributed by atoms with Crippen LogP contribution in [0.5, 0.6) is 0 Å². The summed E-state index contributed by atoms with van der Waals surface area (Å²) in [5.74, 6) is -1.05. The number of furan rings is 1. The van der Waals surface area contributed by atoms with Crippen LogP contribution in [0.2, 0.25) is 0 Å². The van der Waals surface area contributed by atoms with E-state index in [1.54, 1.807) is 12.1 Å². The molecule has 0 atom stereocenters. The number of hydrogen-bond donors (Lipinski definition) is 0. The first-order chi connectivity index (χ1) is 8.38. The van der Waals surface area contributed by atoms with Crippen molar-refractivity contribution in [2.24, 2.45) is 0 Å². The Kier molecular flexibility index (Phi) is 3.24. The number of hydrogen-bond acceptors (Lipinski definition) is 1. The minimum Gasteiger partial charge on any atom is -0.461 e. The first-order valence-corrected chi connectivity index (χ1v) is 5.96. The molecule has 0 amide bonds. The summed E-state index contributed by atoms with van der Waals surface area (Å²) in [6.07, 6.45) is 0. The highest BCUT2D eigenvalue weighted by molar-refractivity contribution is 5.59. The van der Waals surface area contributed by atoms with E-state index in [1.807, 2.05) is 26.0 Å². The zero-order valence-corrected chi connectivity index (χ0v) is 10.7. The van der Waals surface area contributed by atoms with Gasteiger partial charge in [0.2, 0.25) is 0 Å². The molecule has 1 nitrogen and oxygen atoms in total. The van der Waals surface area contributed by atoms with Gasteiger partial charge in [-0.3, -0.25) is 0 Å². The highest BCUT2D eigenvalue weighted by Gasteiger charge is 2.24. The molecular weight excluding hydrogens is 234 g/mol. The van der Waals surface area contributed by atoms with Crippen LogP contribution in [0.4, 0.5) is 8.78 Å². The molecule has 0 N–H and O–H groups in total. The van der Waals surface area contributed by atoms with Crippen LogP contribution >= 0.6 is 0 Å². The van der Waals surface area contributed by atoms with E-state index in [9.17, 15) is 8.78 Å². The standard InChI is InChI=1S/C15H16F2O/c1-10(2)13-7-8-14(18-13)11-5-4-6-12(9-11)15(3,16)17/h4-10H,1-3H3. The van der Waals surface area contributed by atoms with E-state index < -0.39 is 5.92 Å². The smallest absolute Gasteiger partial charge is 0.270 e.